The molecule has 430 valence electrons. The zero-order valence-electron chi connectivity index (χ0n) is 49.8. The molecule has 10 nitrogen and oxygen atoms in total. The average molecular weight is 1010 g/mol. The van der Waals surface area contributed by atoms with Crippen molar-refractivity contribution in [2.24, 2.45) is 29.6 Å². The summed E-state index contributed by atoms with van der Waals surface area (Å²) in [6.45, 7) is 38.8. The molecule has 0 rings (SSSR count). The highest BCUT2D eigenvalue weighted by Gasteiger charge is 2.07. The Hall–Kier alpha value is -0.400. The molecule has 0 bridgehead atoms. The fourth-order valence-electron chi connectivity index (χ4n) is 6.69. The van der Waals surface area contributed by atoms with E-state index >= 15 is 0 Å². The second kappa shape index (κ2) is 64.7. The molecule has 0 aliphatic rings. The van der Waals surface area contributed by atoms with Gasteiger partial charge in [-0.05, 0) is 100 Å². The van der Waals surface area contributed by atoms with Crippen molar-refractivity contribution in [3.63, 3.8) is 0 Å². The highest BCUT2D eigenvalue weighted by atomic mass is 16.5. The van der Waals surface area contributed by atoms with Crippen LogP contribution in [0.25, 0.3) is 0 Å². The number of rotatable bonds is 45. The lowest BCUT2D eigenvalue weighted by molar-refractivity contribution is 0.0207. The lowest BCUT2D eigenvalue weighted by Gasteiger charge is -2.13. The second-order valence-corrected chi connectivity index (χ2v) is 21.1. The van der Waals surface area contributed by atoms with Crippen molar-refractivity contribution < 1.29 is 49.2 Å². The molecule has 70 heavy (non-hydrogen) atoms. The summed E-state index contributed by atoms with van der Waals surface area (Å²) in [5.41, 5.74) is 0. The molecule has 0 aliphatic carbocycles. The maximum absolute atomic E-state index is 9.26. The Morgan fingerprint density at radius 3 is 1.04 bits per heavy atom. The van der Waals surface area contributed by atoms with Gasteiger partial charge in [0.15, 0.2) is 0 Å². The van der Waals surface area contributed by atoms with Crippen molar-refractivity contribution in [2.45, 2.75) is 295 Å². The molecule has 0 aromatic carbocycles. The SMILES string of the molecule is CCC(C)CCCCOCC(O)CC.CCC(O)COCCCCCC(C)C.CCCC(C)CCCOCC(O)CC.CCCCC(C)CCOCC(O)CC.CCCCCC(C)COCC(O)CC. The van der Waals surface area contributed by atoms with Crippen LogP contribution in [0.5, 0.6) is 0 Å². The van der Waals surface area contributed by atoms with E-state index in [4.69, 9.17) is 23.7 Å². The fourth-order valence-corrected chi connectivity index (χ4v) is 6.69. The fraction of sp³-hybridized carbons (Fsp3) is 1.00. The van der Waals surface area contributed by atoms with Gasteiger partial charge in [0, 0.05) is 33.0 Å². The predicted octanol–water partition coefficient (Wildman–Crippen LogP) is 15.0. The molecular formula is C60H130O10. The van der Waals surface area contributed by atoms with Gasteiger partial charge in [-0.3, -0.25) is 0 Å². The third kappa shape index (κ3) is 74.1. The van der Waals surface area contributed by atoms with Crippen LogP contribution in [0.4, 0.5) is 0 Å². The van der Waals surface area contributed by atoms with Gasteiger partial charge >= 0.3 is 0 Å². The van der Waals surface area contributed by atoms with Crippen LogP contribution in [0.3, 0.4) is 0 Å². The third-order valence-corrected chi connectivity index (χ3v) is 12.7. The Morgan fingerprint density at radius 2 is 0.614 bits per heavy atom. The van der Waals surface area contributed by atoms with Gasteiger partial charge in [-0.1, -0.05) is 194 Å². The van der Waals surface area contributed by atoms with E-state index in [1.807, 2.05) is 34.6 Å². The molecule has 5 N–H and O–H groups in total. The lowest BCUT2D eigenvalue weighted by Crippen LogP contribution is -2.16. The first-order valence-corrected chi connectivity index (χ1v) is 29.8. The van der Waals surface area contributed by atoms with Gasteiger partial charge in [-0.25, -0.2) is 0 Å². The average Bonchev–Trinajstić information content (AvgIpc) is 3.35. The Bertz CT molecular complexity index is 884. The monoisotopic (exact) mass is 1010 g/mol. The molecular weight excluding hydrogens is 881 g/mol. The van der Waals surface area contributed by atoms with E-state index in [1.165, 1.54) is 103 Å². The minimum absolute atomic E-state index is 0.273. The van der Waals surface area contributed by atoms with Crippen molar-refractivity contribution in [2.75, 3.05) is 66.1 Å². The Morgan fingerprint density at radius 1 is 0.257 bits per heavy atom. The largest absolute Gasteiger partial charge is 0.391 e. The minimum Gasteiger partial charge on any atom is -0.391 e. The van der Waals surface area contributed by atoms with E-state index in [9.17, 15) is 25.5 Å². The smallest absolute Gasteiger partial charge is 0.0771 e. The summed E-state index contributed by atoms with van der Waals surface area (Å²) in [7, 11) is 0. The van der Waals surface area contributed by atoms with E-state index in [0.29, 0.717) is 39.0 Å². The number of aliphatic hydroxyl groups is 5. The molecule has 0 spiro atoms. The molecule has 10 heteroatoms. The summed E-state index contributed by atoms with van der Waals surface area (Å²) >= 11 is 0. The minimum atomic E-state index is -0.280. The number of hydrogen-bond acceptors (Lipinski definition) is 10. The molecule has 0 aliphatic heterocycles. The molecule has 0 aromatic rings. The summed E-state index contributed by atoms with van der Waals surface area (Å²) in [5, 5.41) is 46.1. The predicted molar refractivity (Wildman–Crippen MR) is 302 cm³/mol. The number of hydrogen-bond donors (Lipinski definition) is 5. The van der Waals surface area contributed by atoms with Crippen molar-refractivity contribution in [1.82, 2.24) is 0 Å². The topological polar surface area (TPSA) is 147 Å². The van der Waals surface area contributed by atoms with Crippen molar-refractivity contribution >= 4 is 0 Å². The van der Waals surface area contributed by atoms with Crippen LogP contribution in [-0.4, -0.2) is 122 Å². The molecule has 9 unspecified atom stereocenters. The van der Waals surface area contributed by atoms with E-state index in [1.54, 1.807) is 0 Å². The highest BCUT2D eigenvalue weighted by molar-refractivity contribution is 4.57. The summed E-state index contributed by atoms with van der Waals surface area (Å²) in [5.74, 6) is 3.87. The first-order chi connectivity index (χ1) is 33.5. The maximum atomic E-state index is 9.26. The zero-order valence-corrected chi connectivity index (χ0v) is 49.8. The molecule has 0 radical (unpaired) electrons. The van der Waals surface area contributed by atoms with Gasteiger partial charge in [0.1, 0.15) is 0 Å². The summed E-state index contributed by atoms with van der Waals surface area (Å²) in [4.78, 5) is 0. The maximum Gasteiger partial charge on any atom is 0.0771 e. The highest BCUT2D eigenvalue weighted by Crippen LogP contribution is 2.14. The summed E-state index contributed by atoms with van der Waals surface area (Å²) in [6, 6.07) is 0. The van der Waals surface area contributed by atoms with Crippen LogP contribution in [0.15, 0.2) is 0 Å². The standard InChI is InChI=1S/5C12H26O2/c1-4-12(13)10-14-9-7-5-6-8-11(2)3;1-4-11(3)8-6-7-9-14-10-12(13)5-2;1-4-7-11(3)8-6-9-14-10-12(13)5-2;1-4-6-7-11(3)8-9-14-10-12(13)5-2;1-4-6-7-8-11(3)9-14-10-12(13)5-2/h5*11-13H,4-10H2,1-3H3. The Kier molecular flexibility index (Phi) is 72.6. The first kappa shape index (κ1) is 78.5. The lowest BCUT2D eigenvalue weighted by atomic mass is 10.0. The van der Waals surface area contributed by atoms with Gasteiger partial charge in [0.05, 0.1) is 63.6 Å². The van der Waals surface area contributed by atoms with E-state index in [2.05, 4.69) is 69.2 Å². The van der Waals surface area contributed by atoms with Gasteiger partial charge in [-0.2, -0.15) is 0 Å². The molecule has 0 heterocycles. The van der Waals surface area contributed by atoms with Crippen LogP contribution in [-0.2, 0) is 23.7 Å². The molecule has 0 aromatic heterocycles. The van der Waals surface area contributed by atoms with Gasteiger partial charge in [-0.15, -0.1) is 0 Å². The Labute approximate surface area is 438 Å². The van der Waals surface area contributed by atoms with Crippen LogP contribution < -0.4 is 0 Å². The molecule has 9 atom stereocenters. The quantitative estimate of drug-likeness (QED) is 0.0374. The normalized spacial score (nSPS) is 15.0. The van der Waals surface area contributed by atoms with E-state index in [0.717, 1.165) is 114 Å². The van der Waals surface area contributed by atoms with Crippen molar-refractivity contribution in [3.8, 4) is 0 Å². The van der Waals surface area contributed by atoms with Gasteiger partial charge in [0.2, 0.25) is 0 Å². The number of ether oxygens (including phenoxy) is 5. The number of unbranched alkanes of at least 4 members (excludes halogenated alkanes) is 6. The van der Waals surface area contributed by atoms with Crippen LogP contribution in [0.1, 0.15) is 264 Å². The molecule has 0 saturated carbocycles. The van der Waals surface area contributed by atoms with Crippen molar-refractivity contribution in [3.05, 3.63) is 0 Å². The summed E-state index contributed by atoms with van der Waals surface area (Å²) < 4.78 is 26.9. The Balaban J connectivity index is -0.000000251. The summed E-state index contributed by atoms with van der Waals surface area (Å²) in [6.07, 6.45) is 27.6. The van der Waals surface area contributed by atoms with Crippen LogP contribution in [0.2, 0.25) is 0 Å². The van der Waals surface area contributed by atoms with Crippen LogP contribution in [0, 0.1) is 29.6 Å². The first-order valence-electron chi connectivity index (χ1n) is 29.8. The zero-order chi connectivity index (χ0) is 54.1. The number of aliphatic hydroxyl groups excluding tert-OH is 5. The molecule has 0 saturated heterocycles. The molecule has 0 fully saturated rings. The van der Waals surface area contributed by atoms with Gasteiger partial charge < -0.3 is 49.2 Å². The van der Waals surface area contributed by atoms with Crippen LogP contribution >= 0.6 is 0 Å². The van der Waals surface area contributed by atoms with E-state index < -0.39 is 0 Å². The van der Waals surface area contributed by atoms with E-state index in [-0.39, 0.29) is 30.5 Å². The van der Waals surface area contributed by atoms with Crippen molar-refractivity contribution in [1.29, 1.82) is 0 Å². The second-order valence-electron chi connectivity index (χ2n) is 21.1. The van der Waals surface area contributed by atoms with Gasteiger partial charge in [0.25, 0.3) is 0 Å². The third-order valence-electron chi connectivity index (χ3n) is 12.7. The molecule has 0 amide bonds.